The van der Waals surface area contributed by atoms with Gasteiger partial charge in [0.25, 0.3) is 0 Å². The fourth-order valence-corrected chi connectivity index (χ4v) is 2.32. The molecule has 0 fully saturated rings. The van der Waals surface area contributed by atoms with E-state index in [1.165, 1.54) is 0 Å². The van der Waals surface area contributed by atoms with Gasteiger partial charge in [-0.3, -0.25) is 4.90 Å². The lowest BCUT2D eigenvalue weighted by Gasteiger charge is -2.17. The SMILES string of the molecule is CN(CCOc1ccc(C(N)N)cc1)CCOc1ccc(C(N)N)cc1. The summed E-state index contributed by atoms with van der Waals surface area (Å²) in [4.78, 5) is 2.15. The van der Waals surface area contributed by atoms with Crippen LogP contribution in [0.2, 0.25) is 0 Å². The summed E-state index contributed by atoms with van der Waals surface area (Å²) >= 11 is 0. The zero-order chi connectivity index (χ0) is 18.9. The van der Waals surface area contributed by atoms with Gasteiger partial charge < -0.3 is 32.4 Å². The van der Waals surface area contributed by atoms with E-state index in [1.54, 1.807) is 0 Å². The summed E-state index contributed by atoms with van der Waals surface area (Å²) in [6, 6.07) is 15.0. The normalized spacial score (nSPS) is 11.4. The van der Waals surface area contributed by atoms with Gasteiger partial charge in [-0.1, -0.05) is 24.3 Å². The van der Waals surface area contributed by atoms with E-state index in [9.17, 15) is 0 Å². The van der Waals surface area contributed by atoms with Crippen LogP contribution in [0.25, 0.3) is 0 Å². The molecule has 0 amide bonds. The van der Waals surface area contributed by atoms with Gasteiger partial charge in [0.2, 0.25) is 0 Å². The van der Waals surface area contributed by atoms with Gasteiger partial charge in [-0.2, -0.15) is 0 Å². The Bertz CT molecular complexity index is 586. The maximum atomic E-state index is 5.72. The van der Waals surface area contributed by atoms with Crippen molar-refractivity contribution in [3.63, 3.8) is 0 Å². The Morgan fingerprint density at radius 2 is 1.04 bits per heavy atom. The van der Waals surface area contributed by atoms with E-state index < -0.39 is 12.3 Å². The molecular formula is C19H29N5O2. The topological polar surface area (TPSA) is 126 Å². The lowest BCUT2D eigenvalue weighted by Crippen LogP contribution is -2.28. The van der Waals surface area contributed by atoms with Crippen LogP contribution in [0.5, 0.6) is 11.5 Å². The highest BCUT2D eigenvalue weighted by Gasteiger charge is 2.03. The van der Waals surface area contributed by atoms with Gasteiger partial charge in [0.1, 0.15) is 24.7 Å². The molecule has 0 aromatic heterocycles. The number of nitrogens with two attached hydrogens (primary N) is 4. The Kier molecular flexibility index (Phi) is 7.83. The third-order valence-electron chi connectivity index (χ3n) is 4.01. The first-order valence-electron chi connectivity index (χ1n) is 8.62. The molecule has 26 heavy (non-hydrogen) atoms. The molecule has 142 valence electrons. The second-order valence-corrected chi connectivity index (χ2v) is 6.19. The zero-order valence-electron chi connectivity index (χ0n) is 15.2. The standard InChI is InChI=1S/C19H29N5O2/c1-24(10-12-25-16-6-2-14(3-7-16)18(20)21)11-13-26-17-8-4-15(5-9-17)19(22)23/h2-9,18-19H,10-13,20-23H2,1H3. The number of ether oxygens (including phenoxy) is 2. The lowest BCUT2D eigenvalue weighted by molar-refractivity contribution is 0.202. The second kappa shape index (κ2) is 10.1. The molecule has 0 aliphatic rings. The highest BCUT2D eigenvalue weighted by atomic mass is 16.5. The van der Waals surface area contributed by atoms with E-state index in [0.717, 1.165) is 35.7 Å². The van der Waals surface area contributed by atoms with Gasteiger partial charge in [-0.05, 0) is 42.4 Å². The van der Waals surface area contributed by atoms with Crippen LogP contribution >= 0.6 is 0 Å². The van der Waals surface area contributed by atoms with Gasteiger partial charge in [0.15, 0.2) is 0 Å². The summed E-state index contributed by atoms with van der Waals surface area (Å²) < 4.78 is 11.4. The molecule has 0 aliphatic heterocycles. The molecule has 0 atom stereocenters. The smallest absolute Gasteiger partial charge is 0.119 e. The first kappa shape index (κ1) is 20.2. The maximum Gasteiger partial charge on any atom is 0.119 e. The average molecular weight is 359 g/mol. The fraction of sp³-hybridized carbons (Fsp3) is 0.368. The molecule has 0 saturated carbocycles. The van der Waals surface area contributed by atoms with Crippen molar-refractivity contribution in [2.75, 3.05) is 33.4 Å². The predicted molar refractivity (Wildman–Crippen MR) is 104 cm³/mol. The monoisotopic (exact) mass is 359 g/mol. The van der Waals surface area contributed by atoms with E-state index in [1.807, 2.05) is 55.6 Å². The molecule has 2 aromatic rings. The third-order valence-corrected chi connectivity index (χ3v) is 4.01. The number of hydrogen-bond acceptors (Lipinski definition) is 7. The number of nitrogens with zero attached hydrogens (tertiary/aromatic N) is 1. The Morgan fingerprint density at radius 3 is 1.35 bits per heavy atom. The third kappa shape index (κ3) is 6.62. The minimum atomic E-state index is -0.460. The van der Waals surface area contributed by atoms with Crippen LogP contribution in [0.4, 0.5) is 0 Å². The van der Waals surface area contributed by atoms with E-state index in [-0.39, 0.29) is 0 Å². The largest absolute Gasteiger partial charge is 0.492 e. The number of likely N-dealkylation sites (N-methyl/N-ethyl adjacent to an activating group) is 1. The van der Waals surface area contributed by atoms with Gasteiger partial charge >= 0.3 is 0 Å². The van der Waals surface area contributed by atoms with Crippen LogP contribution in [0.1, 0.15) is 23.5 Å². The molecule has 0 spiro atoms. The molecule has 0 bridgehead atoms. The molecule has 0 unspecified atom stereocenters. The van der Waals surface area contributed by atoms with Crippen LogP contribution in [0.3, 0.4) is 0 Å². The van der Waals surface area contributed by atoms with E-state index >= 15 is 0 Å². The molecule has 0 aliphatic carbocycles. The van der Waals surface area contributed by atoms with Crippen LogP contribution < -0.4 is 32.4 Å². The highest BCUT2D eigenvalue weighted by molar-refractivity contribution is 5.29. The van der Waals surface area contributed by atoms with Gasteiger partial charge in [-0.25, -0.2) is 0 Å². The summed E-state index contributed by atoms with van der Waals surface area (Å²) in [5.41, 5.74) is 24.2. The van der Waals surface area contributed by atoms with Crippen molar-refractivity contribution in [2.45, 2.75) is 12.3 Å². The molecule has 0 saturated heterocycles. The van der Waals surface area contributed by atoms with Crippen molar-refractivity contribution >= 4 is 0 Å². The summed E-state index contributed by atoms with van der Waals surface area (Å²) in [6.45, 7) is 2.77. The quantitative estimate of drug-likeness (QED) is 0.464. The zero-order valence-corrected chi connectivity index (χ0v) is 15.2. The van der Waals surface area contributed by atoms with Crippen LogP contribution in [-0.4, -0.2) is 38.3 Å². The predicted octanol–water partition coefficient (Wildman–Crippen LogP) is 0.908. The van der Waals surface area contributed by atoms with E-state index in [0.29, 0.717) is 13.2 Å². The van der Waals surface area contributed by atoms with Crippen molar-refractivity contribution in [3.05, 3.63) is 59.7 Å². The van der Waals surface area contributed by atoms with Gasteiger partial charge in [-0.15, -0.1) is 0 Å². The molecule has 0 heterocycles. The van der Waals surface area contributed by atoms with Crippen molar-refractivity contribution < 1.29 is 9.47 Å². The van der Waals surface area contributed by atoms with Crippen LogP contribution in [-0.2, 0) is 0 Å². The molecule has 2 aromatic carbocycles. The van der Waals surface area contributed by atoms with Crippen molar-refractivity contribution in [3.8, 4) is 11.5 Å². The Labute approximate surface area is 154 Å². The second-order valence-electron chi connectivity index (χ2n) is 6.19. The summed E-state index contributed by atoms with van der Waals surface area (Å²) in [6.07, 6.45) is -0.920. The molecule has 8 N–H and O–H groups in total. The molecule has 7 nitrogen and oxygen atoms in total. The van der Waals surface area contributed by atoms with Crippen molar-refractivity contribution in [1.29, 1.82) is 0 Å². The molecular weight excluding hydrogens is 330 g/mol. The number of hydrogen-bond donors (Lipinski definition) is 4. The summed E-state index contributed by atoms with van der Waals surface area (Å²) in [7, 11) is 2.03. The number of rotatable bonds is 10. The molecule has 2 rings (SSSR count). The van der Waals surface area contributed by atoms with Crippen molar-refractivity contribution in [1.82, 2.24) is 4.90 Å². The molecule has 7 heteroatoms. The van der Waals surface area contributed by atoms with E-state index in [2.05, 4.69) is 4.90 Å². The lowest BCUT2D eigenvalue weighted by atomic mass is 10.2. The van der Waals surface area contributed by atoms with Crippen molar-refractivity contribution in [2.24, 2.45) is 22.9 Å². The Hall–Kier alpha value is -2.16. The summed E-state index contributed by atoms with van der Waals surface area (Å²) in [5, 5.41) is 0. The molecule has 0 radical (unpaired) electrons. The van der Waals surface area contributed by atoms with Gasteiger partial charge in [0.05, 0.1) is 12.3 Å². The van der Waals surface area contributed by atoms with Crippen LogP contribution in [0, 0.1) is 0 Å². The first-order chi connectivity index (χ1) is 12.5. The van der Waals surface area contributed by atoms with Crippen LogP contribution in [0.15, 0.2) is 48.5 Å². The Balaban J connectivity index is 1.63. The minimum Gasteiger partial charge on any atom is -0.492 e. The number of benzene rings is 2. The van der Waals surface area contributed by atoms with E-state index in [4.69, 9.17) is 32.4 Å². The highest BCUT2D eigenvalue weighted by Crippen LogP contribution is 2.15. The Morgan fingerprint density at radius 1 is 0.692 bits per heavy atom. The minimum absolute atomic E-state index is 0.460. The van der Waals surface area contributed by atoms with Gasteiger partial charge in [0, 0.05) is 13.1 Å². The summed E-state index contributed by atoms with van der Waals surface area (Å²) in [5.74, 6) is 1.61. The first-order valence-corrected chi connectivity index (χ1v) is 8.62. The fourth-order valence-electron chi connectivity index (χ4n) is 2.32. The average Bonchev–Trinajstić information content (AvgIpc) is 2.62. The maximum absolute atomic E-state index is 5.72.